The average molecular weight is 503 g/mol. The summed E-state index contributed by atoms with van der Waals surface area (Å²) < 4.78 is 19.0. The van der Waals surface area contributed by atoms with Crippen molar-refractivity contribution in [2.75, 3.05) is 12.4 Å². The number of nitrogens with zero attached hydrogens (tertiary/aromatic N) is 3. The van der Waals surface area contributed by atoms with Gasteiger partial charge in [-0.25, -0.2) is 9.37 Å². The van der Waals surface area contributed by atoms with Crippen molar-refractivity contribution in [3.8, 4) is 17.0 Å². The molecule has 0 fully saturated rings. The summed E-state index contributed by atoms with van der Waals surface area (Å²) in [5, 5.41) is 12.3. The zero-order valence-corrected chi connectivity index (χ0v) is 20.2. The number of amides is 1. The highest BCUT2D eigenvalue weighted by Gasteiger charge is 2.16. The number of ether oxygens (including phenoxy) is 1. The normalized spacial score (nSPS) is 10.9. The van der Waals surface area contributed by atoms with Crippen LogP contribution < -0.4 is 10.1 Å². The summed E-state index contributed by atoms with van der Waals surface area (Å²) in [6.45, 7) is 0. The van der Waals surface area contributed by atoms with Gasteiger partial charge in [-0.1, -0.05) is 53.4 Å². The highest BCUT2D eigenvalue weighted by molar-refractivity contribution is 8.00. The summed E-state index contributed by atoms with van der Waals surface area (Å²) >= 11 is 2.77. The predicted octanol–water partition coefficient (Wildman–Crippen LogP) is 6.45. The van der Waals surface area contributed by atoms with Crippen molar-refractivity contribution in [3.05, 3.63) is 95.8 Å². The number of pyridine rings is 1. The molecule has 0 unspecified atom stereocenters. The van der Waals surface area contributed by atoms with E-state index >= 15 is 0 Å². The van der Waals surface area contributed by atoms with E-state index in [1.807, 2.05) is 48.5 Å². The minimum atomic E-state index is -0.287. The molecule has 5 aromatic rings. The molecule has 1 amide bonds. The van der Waals surface area contributed by atoms with Crippen LogP contribution in [0.4, 0.5) is 9.52 Å². The molecule has 0 aliphatic carbocycles. The molecule has 0 bridgehead atoms. The Kier molecular flexibility index (Phi) is 6.69. The molecule has 0 saturated carbocycles. The van der Waals surface area contributed by atoms with E-state index < -0.39 is 0 Å². The van der Waals surface area contributed by atoms with Crippen LogP contribution in [0, 0.1) is 5.82 Å². The highest BCUT2D eigenvalue weighted by Crippen LogP contribution is 2.30. The molecule has 0 radical (unpaired) electrons. The highest BCUT2D eigenvalue weighted by atomic mass is 32.2. The largest absolute Gasteiger partial charge is 0.497 e. The van der Waals surface area contributed by atoms with Crippen LogP contribution in [0.1, 0.15) is 15.9 Å². The topological polar surface area (TPSA) is 77.0 Å². The first kappa shape index (κ1) is 22.9. The van der Waals surface area contributed by atoms with Crippen molar-refractivity contribution in [1.29, 1.82) is 0 Å². The fourth-order valence-electron chi connectivity index (χ4n) is 3.48. The van der Waals surface area contributed by atoms with Crippen LogP contribution >= 0.6 is 23.1 Å². The van der Waals surface area contributed by atoms with Crippen LogP contribution in [0.2, 0.25) is 0 Å². The van der Waals surface area contributed by atoms with Crippen LogP contribution in [-0.4, -0.2) is 28.2 Å². The van der Waals surface area contributed by atoms with Gasteiger partial charge in [-0.3, -0.25) is 10.1 Å². The van der Waals surface area contributed by atoms with E-state index in [0.29, 0.717) is 26.5 Å². The first-order chi connectivity index (χ1) is 17.1. The third kappa shape index (κ3) is 5.31. The first-order valence-corrected chi connectivity index (χ1v) is 12.5. The molecule has 3 aromatic carbocycles. The fraction of sp³-hybridized carbons (Fsp3) is 0.0769. The van der Waals surface area contributed by atoms with Crippen molar-refractivity contribution in [1.82, 2.24) is 15.2 Å². The summed E-state index contributed by atoms with van der Waals surface area (Å²) in [6.07, 6.45) is 0. The lowest BCUT2D eigenvalue weighted by Crippen LogP contribution is -2.13. The van der Waals surface area contributed by atoms with Crippen molar-refractivity contribution in [2.45, 2.75) is 10.1 Å². The molecule has 0 saturated heterocycles. The minimum absolute atomic E-state index is 0.265. The van der Waals surface area contributed by atoms with Crippen LogP contribution in [0.3, 0.4) is 0 Å². The molecule has 0 aliphatic rings. The van der Waals surface area contributed by atoms with Crippen molar-refractivity contribution >= 4 is 45.0 Å². The van der Waals surface area contributed by atoms with Crippen molar-refractivity contribution in [2.24, 2.45) is 0 Å². The van der Waals surface area contributed by atoms with E-state index in [0.717, 1.165) is 27.8 Å². The Morgan fingerprint density at radius 2 is 1.80 bits per heavy atom. The van der Waals surface area contributed by atoms with Crippen molar-refractivity contribution in [3.63, 3.8) is 0 Å². The van der Waals surface area contributed by atoms with Gasteiger partial charge in [-0.15, -0.1) is 10.2 Å². The van der Waals surface area contributed by atoms with E-state index in [2.05, 4.69) is 15.5 Å². The summed E-state index contributed by atoms with van der Waals surface area (Å²) in [5.41, 5.74) is 3.76. The average Bonchev–Trinajstić information content (AvgIpc) is 3.35. The van der Waals surface area contributed by atoms with Gasteiger partial charge < -0.3 is 4.74 Å². The van der Waals surface area contributed by atoms with Crippen LogP contribution in [0.25, 0.3) is 22.2 Å². The molecule has 0 atom stereocenters. The maximum absolute atomic E-state index is 13.3. The van der Waals surface area contributed by atoms with E-state index in [1.54, 1.807) is 25.3 Å². The smallest absolute Gasteiger partial charge is 0.258 e. The van der Waals surface area contributed by atoms with Gasteiger partial charge in [0, 0.05) is 16.7 Å². The number of thioether (sulfide) groups is 1. The number of aromatic nitrogens is 3. The molecule has 5 rings (SSSR count). The Balaban J connectivity index is 1.37. The molecule has 0 aliphatic heterocycles. The first-order valence-electron chi connectivity index (χ1n) is 10.7. The quantitative estimate of drug-likeness (QED) is 0.204. The van der Waals surface area contributed by atoms with Gasteiger partial charge >= 0.3 is 0 Å². The molecule has 35 heavy (non-hydrogen) atoms. The van der Waals surface area contributed by atoms with Gasteiger partial charge in [0.25, 0.3) is 5.91 Å². The van der Waals surface area contributed by atoms with Gasteiger partial charge in [0.05, 0.1) is 23.9 Å². The van der Waals surface area contributed by atoms with E-state index in [-0.39, 0.29) is 11.7 Å². The van der Waals surface area contributed by atoms with E-state index in [4.69, 9.17) is 9.72 Å². The summed E-state index contributed by atoms with van der Waals surface area (Å²) in [5.74, 6) is 0.822. The monoisotopic (exact) mass is 502 g/mol. The molecule has 2 aromatic heterocycles. The zero-order chi connectivity index (χ0) is 24.2. The number of halogens is 1. The van der Waals surface area contributed by atoms with Crippen LogP contribution in [0.5, 0.6) is 5.75 Å². The van der Waals surface area contributed by atoms with Gasteiger partial charge in [0.15, 0.2) is 4.34 Å². The molecule has 6 nitrogen and oxygen atoms in total. The van der Waals surface area contributed by atoms with Crippen molar-refractivity contribution < 1.29 is 13.9 Å². The molecular weight excluding hydrogens is 483 g/mol. The number of hydrogen-bond donors (Lipinski definition) is 1. The second-order valence-corrected chi connectivity index (χ2v) is 9.74. The molecule has 174 valence electrons. The SMILES string of the molecule is COc1ccc(-c2cc(C(=O)Nc3nnc(SCc4ccc(F)cc4)s3)c3ccccc3n2)cc1. The number of nitrogens with one attached hydrogen (secondary N) is 1. The second-order valence-electron chi connectivity index (χ2n) is 7.54. The van der Waals surface area contributed by atoms with Crippen LogP contribution in [0.15, 0.2) is 83.2 Å². The lowest BCUT2D eigenvalue weighted by molar-refractivity contribution is 0.102. The Morgan fingerprint density at radius 1 is 1.03 bits per heavy atom. The number of benzene rings is 3. The third-order valence-electron chi connectivity index (χ3n) is 5.25. The number of anilines is 1. The Bertz CT molecular complexity index is 1490. The standard InChI is InChI=1S/C26H19FN4O2S2/c1-33-19-12-8-17(9-13-19)23-14-21(20-4-2-3-5-22(20)28-23)24(32)29-25-30-31-26(35-25)34-15-16-6-10-18(27)11-7-16/h2-14H,15H2,1H3,(H,29,30,32). The summed E-state index contributed by atoms with van der Waals surface area (Å²) in [6, 6.07) is 23.2. The Morgan fingerprint density at radius 3 is 2.57 bits per heavy atom. The van der Waals surface area contributed by atoms with Gasteiger partial charge in [0.2, 0.25) is 5.13 Å². The zero-order valence-electron chi connectivity index (χ0n) is 18.6. The lowest BCUT2D eigenvalue weighted by atomic mass is 10.0. The number of fused-ring (bicyclic) bond motifs is 1. The molecule has 9 heteroatoms. The predicted molar refractivity (Wildman–Crippen MR) is 138 cm³/mol. The summed E-state index contributed by atoms with van der Waals surface area (Å²) in [4.78, 5) is 18.0. The Hall–Kier alpha value is -3.82. The lowest BCUT2D eigenvalue weighted by Gasteiger charge is -2.10. The number of hydrogen-bond acceptors (Lipinski definition) is 7. The maximum Gasteiger partial charge on any atom is 0.258 e. The maximum atomic E-state index is 13.3. The number of para-hydroxylation sites is 1. The van der Waals surface area contributed by atoms with E-state index in [9.17, 15) is 9.18 Å². The number of carbonyl (C=O) groups is 1. The number of carbonyl (C=O) groups excluding carboxylic acids is 1. The second kappa shape index (κ2) is 10.2. The molecule has 2 heterocycles. The van der Waals surface area contributed by atoms with Gasteiger partial charge in [-0.05, 0) is 54.1 Å². The molecule has 1 N–H and O–H groups in total. The number of rotatable bonds is 7. The third-order valence-corrected chi connectivity index (χ3v) is 7.29. The number of methoxy groups -OCH3 is 1. The fourth-order valence-corrected chi connectivity index (χ4v) is 5.18. The van der Waals surface area contributed by atoms with Gasteiger partial charge in [0.1, 0.15) is 11.6 Å². The van der Waals surface area contributed by atoms with Gasteiger partial charge in [-0.2, -0.15) is 0 Å². The Labute approximate surface area is 209 Å². The molecule has 0 spiro atoms. The van der Waals surface area contributed by atoms with E-state index in [1.165, 1.54) is 35.2 Å². The molecular formula is C26H19FN4O2S2. The minimum Gasteiger partial charge on any atom is -0.497 e. The summed E-state index contributed by atoms with van der Waals surface area (Å²) in [7, 11) is 1.62. The van der Waals surface area contributed by atoms with Crippen LogP contribution in [-0.2, 0) is 5.75 Å².